The molecule has 0 radical (unpaired) electrons. The average molecular weight is 286 g/mol. The molecule has 4 heteroatoms. The lowest BCUT2D eigenvalue weighted by molar-refractivity contribution is 0.1000. The Kier molecular flexibility index (Phi) is 2.88. The summed E-state index contributed by atoms with van der Waals surface area (Å²) < 4.78 is 0.788. The first-order chi connectivity index (χ1) is 6.07. The summed E-state index contributed by atoms with van der Waals surface area (Å²) in [5.74, 6) is -0.561. The summed E-state index contributed by atoms with van der Waals surface area (Å²) >= 11 is 2.03. The number of hydrogen-bond donors (Lipinski definition) is 1. The predicted octanol–water partition coefficient (Wildman–Crippen LogP) is 1.57. The van der Waals surface area contributed by atoms with Gasteiger partial charge in [-0.25, -0.2) is 0 Å². The smallest absolute Gasteiger partial charge is 0.250 e. The van der Waals surface area contributed by atoms with Gasteiger partial charge in [-0.2, -0.15) is 5.26 Å². The molecular formula is C9H7IN2O. The van der Waals surface area contributed by atoms with Crippen LogP contribution in [-0.4, -0.2) is 5.91 Å². The van der Waals surface area contributed by atoms with Gasteiger partial charge in [0, 0.05) is 3.57 Å². The lowest BCUT2D eigenvalue weighted by Crippen LogP contribution is -2.13. The summed E-state index contributed by atoms with van der Waals surface area (Å²) in [6.45, 7) is 1.88. The SMILES string of the molecule is Cc1ccc(C(N)=O)c(C#N)c1I. The van der Waals surface area contributed by atoms with Crippen LogP contribution in [0.1, 0.15) is 21.5 Å². The molecule has 2 N–H and O–H groups in total. The summed E-state index contributed by atoms with van der Waals surface area (Å²) in [5.41, 5.74) is 6.75. The number of carbonyl (C=O) groups is 1. The summed E-state index contributed by atoms with van der Waals surface area (Å²) in [7, 11) is 0. The van der Waals surface area contributed by atoms with E-state index in [1.807, 2.05) is 35.6 Å². The highest BCUT2D eigenvalue weighted by Gasteiger charge is 2.12. The second kappa shape index (κ2) is 3.75. The van der Waals surface area contributed by atoms with Gasteiger partial charge in [0.1, 0.15) is 6.07 Å². The van der Waals surface area contributed by atoms with Crippen molar-refractivity contribution >= 4 is 28.5 Å². The zero-order valence-corrected chi connectivity index (χ0v) is 9.12. The molecule has 0 atom stereocenters. The minimum absolute atomic E-state index is 0.289. The maximum Gasteiger partial charge on any atom is 0.250 e. The molecule has 0 fully saturated rings. The van der Waals surface area contributed by atoms with Crippen molar-refractivity contribution in [2.24, 2.45) is 5.73 Å². The number of nitriles is 1. The Balaban J connectivity index is 3.50. The Labute approximate surface area is 89.7 Å². The molecule has 13 heavy (non-hydrogen) atoms. The molecule has 0 aliphatic carbocycles. The first-order valence-corrected chi connectivity index (χ1v) is 4.64. The van der Waals surface area contributed by atoms with Crippen LogP contribution in [0.25, 0.3) is 0 Å². The fraction of sp³-hybridized carbons (Fsp3) is 0.111. The number of benzene rings is 1. The lowest BCUT2D eigenvalue weighted by Gasteiger charge is -2.03. The van der Waals surface area contributed by atoms with E-state index in [1.165, 1.54) is 0 Å². The van der Waals surface area contributed by atoms with Gasteiger partial charge in [0.25, 0.3) is 0 Å². The number of amides is 1. The molecule has 0 saturated carbocycles. The van der Waals surface area contributed by atoms with Crippen molar-refractivity contribution in [3.8, 4) is 6.07 Å². The van der Waals surface area contributed by atoms with Gasteiger partial charge in [0.05, 0.1) is 11.1 Å². The molecule has 1 rings (SSSR count). The monoisotopic (exact) mass is 286 g/mol. The van der Waals surface area contributed by atoms with Crippen LogP contribution in [0.3, 0.4) is 0 Å². The molecular weight excluding hydrogens is 279 g/mol. The van der Waals surface area contributed by atoms with Gasteiger partial charge in [-0.1, -0.05) is 6.07 Å². The fourth-order valence-electron chi connectivity index (χ4n) is 0.995. The van der Waals surface area contributed by atoms with E-state index < -0.39 is 5.91 Å². The molecule has 1 aromatic carbocycles. The maximum atomic E-state index is 10.9. The van der Waals surface area contributed by atoms with Crippen LogP contribution in [-0.2, 0) is 0 Å². The van der Waals surface area contributed by atoms with Crippen LogP contribution >= 0.6 is 22.6 Å². The maximum absolute atomic E-state index is 10.9. The third-order valence-corrected chi connectivity index (χ3v) is 3.10. The molecule has 0 aromatic heterocycles. The molecule has 1 aromatic rings. The van der Waals surface area contributed by atoms with Gasteiger partial charge in [-0.15, -0.1) is 0 Å². The zero-order chi connectivity index (χ0) is 10.0. The molecule has 0 heterocycles. The van der Waals surface area contributed by atoms with Crippen LogP contribution < -0.4 is 5.73 Å². The molecule has 66 valence electrons. The summed E-state index contributed by atoms with van der Waals surface area (Å²) in [6.07, 6.45) is 0. The Hall–Kier alpha value is -1.09. The quantitative estimate of drug-likeness (QED) is 0.796. The molecule has 0 spiro atoms. The fourth-order valence-corrected chi connectivity index (χ4v) is 1.59. The second-order valence-corrected chi connectivity index (χ2v) is 3.67. The minimum atomic E-state index is -0.561. The van der Waals surface area contributed by atoms with Gasteiger partial charge in [-0.05, 0) is 41.1 Å². The average Bonchev–Trinajstić information content (AvgIpc) is 2.09. The molecule has 0 saturated heterocycles. The highest BCUT2D eigenvalue weighted by atomic mass is 127. The van der Waals surface area contributed by atoms with E-state index in [9.17, 15) is 4.79 Å². The van der Waals surface area contributed by atoms with E-state index >= 15 is 0 Å². The molecule has 0 bridgehead atoms. The number of carbonyl (C=O) groups excluding carboxylic acids is 1. The Bertz CT molecular complexity index is 407. The minimum Gasteiger partial charge on any atom is -0.366 e. The number of nitrogens with zero attached hydrogens (tertiary/aromatic N) is 1. The number of halogens is 1. The Morgan fingerprint density at radius 1 is 1.62 bits per heavy atom. The van der Waals surface area contributed by atoms with E-state index in [-0.39, 0.29) is 5.56 Å². The first-order valence-electron chi connectivity index (χ1n) is 3.57. The third-order valence-electron chi connectivity index (χ3n) is 1.71. The molecule has 3 nitrogen and oxygen atoms in total. The van der Waals surface area contributed by atoms with Crippen molar-refractivity contribution in [1.29, 1.82) is 5.26 Å². The Morgan fingerprint density at radius 2 is 2.23 bits per heavy atom. The van der Waals surface area contributed by atoms with E-state index in [0.29, 0.717) is 5.56 Å². The summed E-state index contributed by atoms with van der Waals surface area (Å²) in [4.78, 5) is 10.9. The van der Waals surface area contributed by atoms with Crippen LogP contribution in [0.2, 0.25) is 0 Å². The van der Waals surface area contributed by atoms with Gasteiger partial charge in [0.2, 0.25) is 5.91 Å². The largest absolute Gasteiger partial charge is 0.366 e. The zero-order valence-electron chi connectivity index (χ0n) is 6.97. The van der Waals surface area contributed by atoms with Crippen molar-refractivity contribution in [3.05, 3.63) is 32.4 Å². The van der Waals surface area contributed by atoms with Crippen molar-refractivity contribution in [2.75, 3.05) is 0 Å². The number of aryl methyl sites for hydroxylation is 1. The lowest BCUT2D eigenvalue weighted by atomic mass is 10.1. The van der Waals surface area contributed by atoms with Crippen molar-refractivity contribution in [2.45, 2.75) is 6.92 Å². The highest BCUT2D eigenvalue weighted by Crippen LogP contribution is 2.19. The van der Waals surface area contributed by atoms with Crippen molar-refractivity contribution in [1.82, 2.24) is 0 Å². The van der Waals surface area contributed by atoms with Gasteiger partial charge < -0.3 is 5.73 Å². The molecule has 1 amide bonds. The van der Waals surface area contributed by atoms with E-state index in [2.05, 4.69) is 0 Å². The van der Waals surface area contributed by atoms with Crippen LogP contribution in [0.5, 0.6) is 0 Å². The van der Waals surface area contributed by atoms with Crippen LogP contribution in [0.4, 0.5) is 0 Å². The topological polar surface area (TPSA) is 66.9 Å². The van der Waals surface area contributed by atoms with Gasteiger partial charge >= 0.3 is 0 Å². The number of rotatable bonds is 1. The van der Waals surface area contributed by atoms with Gasteiger partial charge in [0.15, 0.2) is 0 Å². The third kappa shape index (κ3) is 1.80. The second-order valence-electron chi connectivity index (χ2n) is 2.60. The molecule has 0 aliphatic rings. The van der Waals surface area contributed by atoms with Gasteiger partial charge in [-0.3, -0.25) is 4.79 Å². The van der Waals surface area contributed by atoms with E-state index in [4.69, 9.17) is 11.0 Å². The Morgan fingerprint density at radius 3 is 2.69 bits per heavy atom. The van der Waals surface area contributed by atoms with Crippen LogP contribution in [0.15, 0.2) is 12.1 Å². The normalized spacial score (nSPS) is 9.31. The van der Waals surface area contributed by atoms with Crippen molar-refractivity contribution < 1.29 is 4.79 Å². The standard InChI is InChI=1S/C9H7IN2O/c1-5-2-3-6(9(12)13)7(4-11)8(5)10/h2-3H,1H3,(H2,12,13). The highest BCUT2D eigenvalue weighted by molar-refractivity contribution is 14.1. The van der Waals surface area contributed by atoms with E-state index in [0.717, 1.165) is 9.13 Å². The first kappa shape index (κ1) is 9.99. The summed E-state index contributed by atoms with van der Waals surface area (Å²) in [6, 6.07) is 5.34. The number of nitrogens with two attached hydrogens (primary N) is 1. The van der Waals surface area contributed by atoms with Crippen molar-refractivity contribution in [3.63, 3.8) is 0 Å². The number of hydrogen-bond acceptors (Lipinski definition) is 2. The summed E-state index contributed by atoms with van der Waals surface area (Å²) in [5, 5.41) is 8.81. The molecule has 0 aliphatic heterocycles. The number of primary amides is 1. The van der Waals surface area contributed by atoms with E-state index in [1.54, 1.807) is 12.1 Å². The van der Waals surface area contributed by atoms with Crippen LogP contribution in [0, 0.1) is 21.8 Å². The molecule has 0 unspecified atom stereocenters. The predicted molar refractivity (Wildman–Crippen MR) is 57.1 cm³/mol.